The van der Waals surface area contributed by atoms with Crippen LogP contribution in [0.1, 0.15) is 26.3 Å². The summed E-state index contributed by atoms with van der Waals surface area (Å²) < 4.78 is 5.40. The molecule has 0 aliphatic heterocycles. The fourth-order valence-electron chi connectivity index (χ4n) is 1.39. The molecule has 0 spiro atoms. The minimum atomic E-state index is 0.533. The Balaban J connectivity index is 2.73. The SMILES string of the molecule is CCOc1ccc(CN(C)C(C)C)cc1Cl. The standard InChI is InChI=1S/C13H20ClNO/c1-5-16-13-7-6-11(8-12(13)14)9-15(4)10(2)3/h6-8,10H,5,9H2,1-4H3. The average molecular weight is 242 g/mol. The molecule has 0 aliphatic rings. The average Bonchev–Trinajstić information content (AvgIpc) is 2.22. The monoisotopic (exact) mass is 241 g/mol. The van der Waals surface area contributed by atoms with Crippen molar-refractivity contribution in [2.24, 2.45) is 0 Å². The molecule has 1 rings (SSSR count). The summed E-state index contributed by atoms with van der Waals surface area (Å²) in [5, 5.41) is 0.691. The van der Waals surface area contributed by atoms with Gasteiger partial charge in [-0.2, -0.15) is 0 Å². The van der Waals surface area contributed by atoms with Crippen LogP contribution in [0.4, 0.5) is 0 Å². The Bertz CT molecular complexity index is 339. The molecule has 16 heavy (non-hydrogen) atoms. The number of benzene rings is 1. The van der Waals surface area contributed by atoms with Crippen molar-refractivity contribution in [1.82, 2.24) is 4.90 Å². The van der Waals surface area contributed by atoms with Gasteiger partial charge in [-0.05, 0) is 45.5 Å². The highest BCUT2D eigenvalue weighted by atomic mass is 35.5. The molecule has 2 nitrogen and oxygen atoms in total. The normalized spacial score (nSPS) is 11.2. The fourth-order valence-corrected chi connectivity index (χ4v) is 1.64. The zero-order valence-electron chi connectivity index (χ0n) is 10.5. The maximum atomic E-state index is 6.13. The molecule has 0 aliphatic carbocycles. The molecule has 0 unspecified atom stereocenters. The lowest BCUT2D eigenvalue weighted by Gasteiger charge is -2.21. The van der Waals surface area contributed by atoms with Gasteiger partial charge in [0, 0.05) is 12.6 Å². The Hall–Kier alpha value is -0.730. The number of halogens is 1. The van der Waals surface area contributed by atoms with Crippen LogP contribution in [0.2, 0.25) is 5.02 Å². The lowest BCUT2D eigenvalue weighted by atomic mass is 10.2. The highest BCUT2D eigenvalue weighted by molar-refractivity contribution is 6.32. The molecule has 0 amide bonds. The van der Waals surface area contributed by atoms with Crippen molar-refractivity contribution in [1.29, 1.82) is 0 Å². The van der Waals surface area contributed by atoms with Crippen LogP contribution in [0.5, 0.6) is 5.75 Å². The quantitative estimate of drug-likeness (QED) is 0.781. The van der Waals surface area contributed by atoms with E-state index in [0.717, 1.165) is 12.3 Å². The number of ether oxygens (including phenoxy) is 1. The van der Waals surface area contributed by atoms with Crippen molar-refractivity contribution in [2.75, 3.05) is 13.7 Å². The molecule has 3 heteroatoms. The van der Waals surface area contributed by atoms with Crippen molar-refractivity contribution in [3.8, 4) is 5.75 Å². The third kappa shape index (κ3) is 3.69. The predicted molar refractivity (Wildman–Crippen MR) is 69.2 cm³/mol. The van der Waals surface area contributed by atoms with E-state index < -0.39 is 0 Å². The summed E-state index contributed by atoms with van der Waals surface area (Å²) in [5.74, 6) is 0.764. The Morgan fingerprint density at radius 3 is 2.56 bits per heavy atom. The summed E-state index contributed by atoms with van der Waals surface area (Å²) in [5.41, 5.74) is 1.21. The molecule has 1 aromatic rings. The first-order valence-corrected chi connectivity index (χ1v) is 6.03. The number of hydrogen-bond donors (Lipinski definition) is 0. The first-order chi connectivity index (χ1) is 7.54. The largest absolute Gasteiger partial charge is 0.492 e. The summed E-state index contributed by atoms with van der Waals surface area (Å²) >= 11 is 6.13. The van der Waals surface area contributed by atoms with Crippen molar-refractivity contribution >= 4 is 11.6 Å². The van der Waals surface area contributed by atoms with Crippen LogP contribution in [-0.2, 0) is 6.54 Å². The second-order valence-corrected chi connectivity index (χ2v) is 4.61. The molecule has 0 N–H and O–H groups in total. The van der Waals surface area contributed by atoms with Crippen molar-refractivity contribution < 1.29 is 4.74 Å². The summed E-state index contributed by atoms with van der Waals surface area (Å²) in [6, 6.07) is 6.52. The van der Waals surface area contributed by atoms with E-state index in [1.807, 2.05) is 19.1 Å². The van der Waals surface area contributed by atoms with Gasteiger partial charge in [0.1, 0.15) is 5.75 Å². The highest BCUT2D eigenvalue weighted by Crippen LogP contribution is 2.25. The Labute approximate surface area is 103 Å². The lowest BCUT2D eigenvalue weighted by molar-refractivity contribution is 0.265. The van der Waals surface area contributed by atoms with Crippen LogP contribution in [-0.4, -0.2) is 24.6 Å². The van der Waals surface area contributed by atoms with Gasteiger partial charge in [-0.15, -0.1) is 0 Å². The van der Waals surface area contributed by atoms with Gasteiger partial charge >= 0.3 is 0 Å². The molecule has 0 bridgehead atoms. The van der Waals surface area contributed by atoms with E-state index in [1.54, 1.807) is 0 Å². The number of rotatable bonds is 5. The first-order valence-electron chi connectivity index (χ1n) is 5.66. The van der Waals surface area contributed by atoms with Crippen LogP contribution >= 0.6 is 11.6 Å². The zero-order valence-corrected chi connectivity index (χ0v) is 11.2. The van der Waals surface area contributed by atoms with Gasteiger partial charge < -0.3 is 4.74 Å². The Morgan fingerprint density at radius 2 is 2.06 bits per heavy atom. The third-order valence-corrected chi connectivity index (χ3v) is 2.91. The Kier molecular flexibility index (Phi) is 5.10. The lowest BCUT2D eigenvalue weighted by Crippen LogP contribution is -2.25. The molecule has 0 aromatic heterocycles. The van der Waals surface area contributed by atoms with Crippen LogP contribution < -0.4 is 4.74 Å². The molecule has 0 saturated carbocycles. The minimum Gasteiger partial charge on any atom is -0.492 e. The predicted octanol–water partition coefficient (Wildman–Crippen LogP) is 3.58. The van der Waals surface area contributed by atoms with Crippen molar-refractivity contribution in [2.45, 2.75) is 33.4 Å². The number of hydrogen-bond acceptors (Lipinski definition) is 2. The first kappa shape index (κ1) is 13.3. The zero-order chi connectivity index (χ0) is 12.1. The van der Waals surface area contributed by atoms with E-state index in [4.69, 9.17) is 16.3 Å². The van der Waals surface area contributed by atoms with Gasteiger partial charge in [-0.1, -0.05) is 17.7 Å². The second-order valence-electron chi connectivity index (χ2n) is 4.21. The van der Waals surface area contributed by atoms with Gasteiger partial charge in [-0.25, -0.2) is 0 Å². The molecule has 0 fully saturated rings. The van der Waals surface area contributed by atoms with Crippen LogP contribution in [0.25, 0.3) is 0 Å². The summed E-state index contributed by atoms with van der Waals surface area (Å²) in [6.07, 6.45) is 0. The van der Waals surface area contributed by atoms with Gasteiger partial charge in [-0.3, -0.25) is 4.90 Å². The van der Waals surface area contributed by atoms with Crippen LogP contribution in [0.15, 0.2) is 18.2 Å². The molecular formula is C13H20ClNO. The maximum absolute atomic E-state index is 6.13. The molecule has 90 valence electrons. The van der Waals surface area contributed by atoms with E-state index in [1.165, 1.54) is 5.56 Å². The summed E-state index contributed by atoms with van der Waals surface area (Å²) in [4.78, 5) is 2.27. The molecular weight excluding hydrogens is 222 g/mol. The van der Waals surface area contributed by atoms with E-state index in [-0.39, 0.29) is 0 Å². The van der Waals surface area contributed by atoms with E-state index in [0.29, 0.717) is 17.7 Å². The van der Waals surface area contributed by atoms with Crippen LogP contribution in [0.3, 0.4) is 0 Å². The van der Waals surface area contributed by atoms with Crippen molar-refractivity contribution in [3.05, 3.63) is 28.8 Å². The molecule has 0 saturated heterocycles. The van der Waals surface area contributed by atoms with Crippen molar-refractivity contribution in [3.63, 3.8) is 0 Å². The Morgan fingerprint density at radius 1 is 1.38 bits per heavy atom. The van der Waals surface area contributed by atoms with E-state index in [9.17, 15) is 0 Å². The highest BCUT2D eigenvalue weighted by Gasteiger charge is 2.07. The molecule has 0 heterocycles. The summed E-state index contributed by atoms with van der Waals surface area (Å²) in [7, 11) is 2.11. The topological polar surface area (TPSA) is 12.5 Å². The fraction of sp³-hybridized carbons (Fsp3) is 0.538. The molecule has 0 radical (unpaired) electrons. The van der Waals surface area contributed by atoms with Gasteiger partial charge in [0.2, 0.25) is 0 Å². The number of nitrogens with zero attached hydrogens (tertiary/aromatic N) is 1. The van der Waals surface area contributed by atoms with E-state index in [2.05, 4.69) is 31.9 Å². The van der Waals surface area contributed by atoms with Gasteiger partial charge in [0.25, 0.3) is 0 Å². The maximum Gasteiger partial charge on any atom is 0.137 e. The van der Waals surface area contributed by atoms with E-state index >= 15 is 0 Å². The molecule has 1 aromatic carbocycles. The third-order valence-electron chi connectivity index (χ3n) is 2.61. The molecule has 0 atom stereocenters. The van der Waals surface area contributed by atoms with Gasteiger partial charge in [0.15, 0.2) is 0 Å². The van der Waals surface area contributed by atoms with Crippen LogP contribution in [0, 0.1) is 0 Å². The summed E-state index contributed by atoms with van der Waals surface area (Å²) in [6.45, 7) is 7.86. The minimum absolute atomic E-state index is 0.533. The second kappa shape index (κ2) is 6.12. The van der Waals surface area contributed by atoms with Gasteiger partial charge in [0.05, 0.1) is 11.6 Å². The smallest absolute Gasteiger partial charge is 0.137 e.